The first kappa shape index (κ1) is 14.7. The normalized spacial score (nSPS) is 19.8. The van der Waals surface area contributed by atoms with E-state index in [-0.39, 0.29) is 17.8 Å². The third-order valence-corrected chi connectivity index (χ3v) is 3.66. The highest BCUT2D eigenvalue weighted by molar-refractivity contribution is 5.79. The standard InChI is InChI=1S/C16H21FN2O/c1-3-12(2)9-18-15-8-16(20)19(11-15)10-13-4-6-14(17)7-5-13/h3-7,15,18H,8-11H2,1-2H3. The van der Waals surface area contributed by atoms with Crippen molar-refractivity contribution in [3.05, 3.63) is 47.3 Å². The zero-order valence-corrected chi connectivity index (χ0v) is 12.0. The second-order valence-corrected chi connectivity index (χ2v) is 5.32. The minimum Gasteiger partial charge on any atom is -0.337 e. The Morgan fingerprint density at radius 1 is 1.45 bits per heavy atom. The zero-order valence-electron chi connectivity index (χ0n) is 12.0. The number of benzene rings is 1. The van der Waals surface area contributed by atoms with E-state index in [1.807, 2.05) is 11.8 Å². The van der Waals surface area contributed by atoms with Gasteiger partial charge in [0.2, 0.25) is 5.91 Å². The Bertz CT molecular complexity index is 496. The molecule has 2 rings (SSSR count). The first-order valence-electron chi connectivity index (χ1n) is 6.96. The summed E-state index contributed by atoms with van der Waals surface area (Å²) >= 11 is 0. The maximum atomic E-state index is 12.9. The van der Waals surface area contributed by atoms with Crippen LogP contribution in [0.2, 0.25) is 0 Å². The van der Waals surface area contributed by atoms with Crippen LogP contribution in [-0.2, 0) is 11.3 Å². The summed E-state index contributed by atoms with van der Waals surface area (Å²) < 4.78 is 12.9. The molecule has 3 nitrogen and oxygen atoms in total. The molecule has 0 aromatic heterocycles. The second-order valence-electron chi connectivity index (χ2n) is 5.32. The fraction of sp³-hybridized carbons (Fsp3) is 0.438. The average molecular weight is 276 g/mol. The van der Waals surface area contributed by atoms with E-state index in [0.717, 1.165) is 12.1 Å². The highest BCUT2D eigenvalue weighted by atomic mass is 19.1. The van der Waals surface area contributed by atoms with Gasteiger partial charge in [0.15, 0.2) is 0 Å². The van der Waals surface area contributed by atoms with E-state index >= 15 is 0 Å². The number of likely N-dealkylation sites (tertiary alicyclic amines) is 1. The van der Waals surface area contributed by atoms with Crippen molar-refractivity contribution in [3.8, 4) is 0 Å². The summed E-state index contributed by atoms with van der Waals surface area (Å²) in [5.74, 6) is -0.0900. The molecule has 1 unspecified atom stereocenters. The first-order valence-corrected chi connectivity index (χ1v) is 6.96. The van der Waals surface area contributed by atoms with Gasteiger partial charge in [0.25, 0.3) is 0 Å². The lowest BCUT2D eigenvalue weighted by atomic mass is 10.2. The third kappa shape index (κ3) is 3.90. The SMILES string of the molecule is CC=C(C)CNC1CC(=O)N(Cc2ccc(F)cc2)C1. The largest absolute Gasteiger partial charge is 0.337 e. The van der Waals surface area contributed by atoms with Crippen molar-refractivity contribution in [2.45, 2.75) is 32.9 Å². The minimum atomic E-state index is -0.247. The van der Waals surface area contributed by atoms with Gasteiger partial charge in [-0.15, -0.1) is 0 Å². The van der Waals surface area contributed by atoms with E-state index < -0.39 is 0 Å². The van der Waals surface area contributed by atoms with Gasteiger partial charge in [-0.25, -0.2) is 4.39 Å². The van der Waals surface area contributed by atoms with Crippen LogP contribution in [0.4, 0.5) is 4.39 Å². The van der Waals surface area contributed by atoms with E-state index in [1.54, 1.807) is 12.1 Å². The van der Waals surface area contributed by atoms with E-state index in [0.29, 0.717) is 19.5 Å². The summed E-state index contributed by atoms with van der Waals surface area (Å²) in [5, 5.41) is 3.40. The lowest BCUT2D eigenvalue weighted by Gasteiger charge is -2.17. The maximum absolute atomic E-state index is 12.9. The summed E-state index contributed by atoms with van der Waals surface area (Å²) in [6, 6.07) is 6.53. The quantitative estimate of drug-likeness (QED) is 0.838. The van der Waals surface area contributed by atoms with E-state index in [4.69, 9.17) is 0 Å². The van der Waals surface area contributed by atoms with Gasteiger partial charge in [0, 0.05) is 32.1 Å². The molecule has 0 bridgehead atoms. The number of carbonyl (C=O) groups is 1. The number of nitrogens with one attached hydrogen (secondary N) is 1. The number of rotatable bonds is 5. The van der Waals surface area contributed by atoms with E-state index in [9.17, 15) is 9.18 Å². The Hall–Kier alpha value is -1.68. The number of nitrogens with zero attached hydrogens (tertiary/aromatic N) is 1. The predicted octanol–water partition coefficient (Wildman–Crippen LogP) is 2.48. The highest BCUT2D eigenvalue weighted by Crippen LogP contribution is 2.15. The molecule has 0 aliphatic carbocycles. The molecule has 0 saturated carbocycles. The van der Waals surface area contributed by atoms with Crippen molar-refractivity contribution < 1.29 is 9.18 Å². The molecule has 4 heteroatoms. The highest BCUT2D eigenvalue weighted by Gasteiger charge is 2.28. The van der Waals surface area contributed by atoms with Gasteiger partial charge < -0.3 is 10.2 Å². The van der Waals surface area contributed by atoms with Gasteiger partial charge in [-0.3, -0.25) is 4.79 Å². The topological polar surface area (TPSA) is 32.3 Å². The maximum Gasteiger partial charge on any atom is 0.224 e. The molecule has 1 aliphatic rings. The van der Waals surface area contributed by atoms with Crippen molar-refractivity contribution in [3.63, 3.8) is 0 Å². The van der Waals surface area contributed by atoms with Crippen molar-refractivity contribution in [2.24, 2.45) is 0 Å². The summed E-state index contributed by atoms with van der Waals surface area (Å²) in [7, 11) is 0. The third-order valence-electron chi connectivity index (χ3n) is 3.66. The van der Waals surface area contributed by atoms with Crippen LogP contribution in [-0.4, -0.2) is 29.9 Å². The number of amides is 1. The Labute approximate surface area is 119 Å². The predicted molar refractivity (Wildman–Crippen MR) is 77.7 cm³/mol. The molecule has 1 fully saturated rings. The van der Waals surface area contributed by atoms with E-state index in [1.165, 1.54) is 17.7 Å². The minimum absolute atomic E-state index is 0.157. The first-order chi connectivity index (χ1) is 9.58. The Morgan fingerprint density at radius 2 is 2.15 bits per heavy atom. The van der Waals surface area contributed by atoms with Crippen LogP contribution in [0.1, 0.15) is 25.8 Å². The van der Waals surface area contributed by atoms with Crippen LogP contribution in [0.3, 0.4) is 0 Å². The Morgan fingerprint density at radius 3 is 2.80 bits per heavy atom. The lowest BCUT2D eigenvalue weighted by Crippen LogP contribution is -2.33. The van der Waals surface area contributed by atoms with Crippen LogP contribution >= 0.6 is 0 Å². The molecule has 1 N–H and O–H groups in total. The second kappa shape index (κ2) is 6.66. The van der Waals surface area contributed by atoms with Crippen LogP contribution in [0.25, 0.3) is 0 Å². The van der Waals surface area contributed by atoms with Crippen molar-refractivity contribution >= 4 is 5.91 Å². The van der Waals surface area contributed by atoms with Crippen molar-refractivity contribution in [1.29, 1.82) is 0 Å². The number of hydrogen-bond acceptors (Lipinski definition) is 2. The number of halogens is 1. The van der Waals surface area contributed by atoms with Crippen molar-refractivity contribution in [2.75, 3.05) is 13.1 Å². The van der Waals surface area contributed by atoms with Crippen LogP contribution in [0.5, 0.6) is 0 Å². The summed E-state index contributed by atoms with van der Waals surface area (Å²) in [4.78, 5) is 13.8. The van der Waals surface area contributed by atoms with Gasteiger partial charge >= 0.3 is 0 Å². The van der Waals surface area contributed by atoms with Gasteiger partial charge in [0.05, 0.1) is 0 Å². The fourth-order valence-electron chi connectivity index (χ4n) is 2.28. The van der Waals surface area contributed by atoms with Gasteiger partial charge in [-0.1, -0.05) is 23.8 Å². The van der Waals surface area contributed by atoms with Gasteiger partial charge in [-0.05, 0) is 31.5 Å². The van der Waals surface area contributed by atoms with Crippen LogP contribution in [0, 0.1) is 5.82 Å². The molecule has 1 heterocycles. The molecule has 1 aromatic carbocycles. The summed E-state index contributed by atoms with van der Waals surface area (Å²) in [6.45, 7) is 6.17. The summed E-state index contributed by atoms with van der Waals surface area (Å²) in [5.41, 5.74) is 2.24. The molecule has 0 radical (unpaired) electrons. The molecule has 1 aromatic rings. The van der Waals surface area contributed by atoms with Gasteiger partial charge in [-0.2, -0.15) is 0 Å². The Balaban J connectivity index is 1.87. The molecule has 20 heavy (non-hydrogen) atoms. The number of allylic oxidation sites excluding steroid dienone is 1. The molecule has 108 valence electrons. The van der Waals surface area contributed by atoms with Gasteiger partial charge in [0.1, 0.15) is 5.82 Å². The average Bonchev–Trinajstić information content (AvgIpc) is 2.79. The smallest absolute Gasteiger partial charge is 0.224 e. The number of hydrogen-bond donors (Lipinski definition) is 1. The lowest BCUT2D eigenvalue weighted by molar-refractivity contribution is -0.128. The molecular formula is C16H21FN2O. The summed E-state index contributed by atoms with van der Waals surface area (Å²) in [6.07, 6.45) is 2.61. The molecule has 1 atom stereocenters. The zero-order chi connectivity index (χ0) is 14.5. The molecule has 1 amide bonds. The fourth-order valence-corrected chi connectivity index (χ4v) is 2.28. The monoisotopic (exact) mass is 276 g/mol. The Kier molecular flexibility index (Phi) is 4.90. The molecule has 0 spiro atoms. The van der Waals surface area contributed by atoms with E-state index in [2.05, 4.69) is 18.3 Å². The number of carbonyl (C=O) groups excluding carboxylic acids is 1. The van der Waals surface area contributed by atoms with Crippen LogP contribution in [0.15, 0.2) is 35.9 Å². The molecule has 1 saturated heterocycles. The van der Waals surface area contributed by atoms with Crippen LogP contribution < -0.4 is 5.32 Å². The molecular weight excluding hydrogens is 255 g/mol. The van der Waals surface area contributed by atoms with Crippen molar-refractivity contribution in [1.82, 2.24) is 10.2 Å². The molecule has 1 aliphatic heterocycles.